The van der Waals surface area contributed by atoms with Crippen LogP contribution in [-0.4, -0.2) is 40.4 Å². The summed E-state index contributed by atoms with van der Waals surface area (Å²) in [6, 6.07) is 32.5. The predicted octanol–water partition coefficient (Wildman–Crippen LogP) is 6.93. The monoisotopic (exact) mass is 525 g/mol. The summed E-state index contributed by atoms with van der Waals surface area (Å²) in [5.74, 6) is 0.877. The zero-order valence-electron chi connectivity index (χ0n) is 22.7. The highest BCUT2D eigenvalue weighted by molar-refractivity contribution is 6.06. The Bertz CT molecular complexity index is 1700. The molecule has 5 aromatic rings. The van der Waals surface area contributed by atoms with Crippen LogP contribution in [0.15, 0.2) is 97.2 Å². The average Bonchev–Trinajstić information content (AvgIpc) is 3.45. The van der Waals surface area contributed by atoms with Crippen molar-refractivity contribution in [1.29, 1.82) is 5.26 Å². The zero-order valence-corrected chi connectivity index (χ0v) is 22.7. The van der Waals surface area contributed by atoms with Crippen molar-refractivity contribution in [3.63, 3.8) is 0 Å². The number of para-hydroxylation sites is 1. The summed E-state index contributed by atoms with van der Waals surface area (Å²) >= 11 is 0. The number of carbonyl (C=O) groups is 1. The molecule has 1 aliphatic heterocycles. The highest BCUT2D eigenvalue weighted by Gasteiger charge is 2.34. The lowest BCUT2D eigenvalue weighted by molar-refractivity contribution is 0.0723. The molecule has 0 bridgehead atoms. The van der Waals surface area contributed by atoms with Gasteiger partial charge in [-0.2, -0.15) is 5.26 Å². The minimum Gasteiger partial charge on any atom is -0.360 e. The second kappa shape index (κ2) is 10.7. The van der Waals surface area contributed by atoms with Gasteiger partial charge in [-0.15, -0.1) is 0 Å². The molecule has 0 radical (unpaired) electrons. The number of aromatic nitrogens is 2. The van der Waals surface area contributed by atoms with Crippen LogP contribution in [0.5, 0.6) is 0 Å². The minimum atomic E-state index is -0.158. The number of anilines is 1. The third kappa shape index (κ3) is 4.60. The number of rotatable bonds is 5. The summed E-state index contributed by atoms with van der Waals surface area (Å²) in [6.07, 6.45) is 1.81. The van der Waals surface area contributed by atoms with Crippen molar-refractivity contribution >= 4 is 22.6 Å². The molecule has 2 aromatic heterocycles. The number of benzene rings is 3. The van der Waals surface area contributed by atoms with Gasteiger partial charge in [-0.1, -0.05) is 92.7 Å². The van der Waals surface area contributed by atoms with E-state index in [9.17, 15) is 10.1 Å². The van der Waals surface area contributed by atoms with E-state index < -0.39 is 0 Å². The SMILES string of the molecule is CC(C)c1cc(-c2ccccc2)c(C#N)c(N2CCN(C(=O)c3c[nH]c4ccccc34)CC2c2ccccc2)n1. The number of amides is 1. The summed E-state index contributed by atoms with van der Waals surface area (Å²) in [6.45, 7) is 5.83. The van der Waals surface area contributed by atoms with Gasteiger partial charge in [0.2, 0.25) is 0 Å². The Kier molecular flexibility index (Phi) is 6.79. The first-order valence-electron chi connectivity index (χ1n) is 13.7. The highest BCUT2D eigenvalue weighted by Crippen LogP contribution is 2.38. The molecule has 1 fully saturated rings. The summed E-state index contributed by atoms with van der Waals surface area (Å²) in [5, 5.41) is 11.4. The van der Waals surface area contributed by atoms with E-state index in [2.05, 4.69) is 48.0 Å². The molecular weight excluding hydrogens is 494 g/mol. The van der Waals surface area contributed by atoms with Crippen LogP contribution in [0.25, 0.3) is 22.0 Å². The Balaban J connectivity index is 1.44. The van der Waals surface area contributed by atoms with Gasteiger partial charge in [0.05, 0.1) is 11.6 Å². The third-order valence-electron chi connectivity index (χ3n) is 7.75. The van der Waals surface area contributed by atoms with Gasteiger partial charge in [-0.05, 0) is 29.2 Å². The second-order valence-corrected chi connectivity index (χ2v) is 10.5. The van der Waals surface area contributed by atoms with Crippen molar-refractivity contribution in [3.8, 4) is 17.2 Å². The van der Waals surface area contributed by atoms with Crippen molar-refractivity contribution in [1.82, 2.24) is 14.9 Å². The van der Waals surface area contributed by atoms with Crippen LogP contribution < -0.4 is 4.90 Å². The smallest absolute Gasteiger partial charge is 0.256 e. The molecule has 1 saturated heterocycles. The molecule has 40 heavy (non-hydrogen) atoms. The molecule has 0 spiro atoms. The van der Waals surface area contributed by atoms with Gasteiger partial charge in [0.15, 0.2) is 0 Å². The molecule has 1 atom stereocenters. The molecule has 6 nitrogen and oxygen atoms in total. The number of carbonyl (C=O) groups excluding carboxylic acids is 1. The molecule has 0 saturated carbocycles. The van der Waals surface area contributed by atoms with E-state index in [1.165, 1.54) is 0 Å². The number of hydrogen-bond acceptors (Lipinski definition) is 4. The van der Waals surface area contributed by atoms with Crippen LogP contribution in [0.3, 0.4) is 0 Å². The van der Waals surface area contributed by atoms with Gasteiger partial charge < -0.3 is 14.8 Å². The van der Waals surface area contributed by atoms with Crippen LogP contribution in [0.2, 0.25) is 0 Å². The van der Waals surface area contributed by atoms with Crippen LogP contribution >= 0.6 is 0 Å². The molecular formula is C34H31N5O. The van der Waals surface area contributed by atoms with Crippen LogP contribution in [0.1, 0.15) is 53.0 Å². The van der Waals surface area contributed by atoms with E-state index in [0.29, 0.717) is 36.6 Å². The van der Waals surface area contributed by atoms with E-state index in [4.69, 9.17) is 4.98 Å². The number of aromatic amines is 1. The molecule has 1 unspecified atom stereocenters. The van der Waals surface area contributed by atoms with Gasteiger partial charge in [0.25, 0.3) is 5.91 Å². The largest absolute Gasteiger partial charge is 0.360 e. The standard InChI is InChI=1S/C34H31N5O/c1-23(2)31-19-27(24-11-5-3-6-12-24)28(20-35)33(37-31)39-18-17-38(22-32(39)25-13-7-4-8-14-25)34(40)29-21-36-30-16-10-9-15-26(29)30/h3-16,19,21,23,32,36H,17-18,22H2,1-2H3. The molecule has 3 heterocycles. The van der Waals surface area contributed by atoms with Crippen LogP contribution in [-0.2, 0) is 0 Å². The molecule has 0 aliphatic carbocycles. The van der Waals surface area contributed by atoms with Gasteiger partial charge in [-0.25, -0.2) is 4.98 Å². The second-order valence-electron chi connectivity index (χ2n) is 10.5. The van der Waals surface area contributed by atoms with Crippen LogP contribution in [0.4, 0.5) is 5.82 Å². The van der Waals surface area contributed by atoms with E-state index >= 15 is 0 Å². The number of fused-ring (bicyclic) bond motifs is 1. The maximum absolute atomic E-state index is 13.8. The summed E-state index contributed by atoms with van der Waals surface area (Å²) in [5.41, 5.74) is 6.10. The maximum Gasteiger partial charge on any atom is 0.256 e. The average molecular weight is 526 g/mol. The van der Waals surface area contributed by atoms with E-state index in [1.807, 2.05) is 83.9 Å². The fraction of sp³-hybridized carbons (Fsp3) is 0.206. The predicted molar refractivity (Wildman–Crippen MR) is 159 cm³/mol. The first-order chi connectivity index (χ1) is 19.5. The van der Waals surface area contributed by atoms with Crippen molar-refractivity contribution in [2.75, 3.05) is 24.5 Å². The fourth-order valence-electron chi connectivity index (χ4n) is 5.61. The zero-order chi connectivity index (χ0) is 27.6. The Morgan fingerprint density at radius 2 is 1.68 bits per heavy atom. The molecule has 198 valence electrons. The molecule has 6 heteroatoms. The number of hydrogen-bond donors (Lipinski definition) is 1. The number of piperazine rings is 1. The van der Waals surface area contributed by atoms with Crippen molar-refractivity contribution in [2.45, 2.75) is 25.8 Å². The molecule has 1 aliphatic rings. The Morgan fingerprint density at radius 3 is 2.40 bits per heavy atom. The number of nitrogens with one attached hydrogen (secondary N) is 1. The third-order valence-corrected chi connectivity index (χ3v) is 7.75. The summed E-state index contributed by atoms with van der Waals surface area (Å²) in [7, 11) is 0. The topological polar surface area (TPSA) is 76.0 Å². The summed E-state index contributed by atoms with van der Waals surface area (Å²) < 4.78 is 0. The van der Waals surface area contributed by atoms with Gasteiger partial charge in [0, 0.05) is 48.0 Å². The first kappa shape index (κ1) is 25.4. The first-order valence-corrected chi connectivity index (χ1v) is 13.7. The van der Waals surface area contributed by atoms with E-state index in [0.717, 1.165) is 33.3 Å². The number of nitrogens with zero attached hydrogens (tertiary/aromatic N) is 4. The Morgan fingerprint density at radius 1 is 0.975 bits per heavy atom. The number of nitriles is 1. The van der Waals surface area contributed by atoms with Crippen molar-refractivity contribution in [3.05, 3.63) is 120 Å². The molecule has 1 amide bonds. The number of pyridine rings is 1. The van der Waals surface area contributed by atoms with Gasteiger partial charge in [0.1, 0.15) is 17.5 Å². The van der Waals surface area contributed by atoms with Crippen molar-refractivity contribution in [2.24, 2.45) is 0 Å². The van der Waals surface area contributed by atoms with Crippen LogP contribution in [0, 0.1) is 11.3 Å². The van der Waals surface area contributed by atoms with Gasteiger partial charge >= 0.3 is 0 Å². The lowest BCUT2D eigenvalue weighted by Gasteiger charge is -2.43. The molecule has 3 aromatic carbocycles. The quantitative estimate of drug-likeness (QED) is 0.270. The van der Waals surface area contributed by atoms with E-state index in [1.54, 1.807) is 0 Å². The Hall–Kier alpha value is -4.89. The molecule has 6 rings (SSSR count). The fourth-order valence-corrected chi connectivity index (χ4v) is 5.61. The lowest BCUT2D eigenvalue weighted by atomic mass is 9.95. The molecule has 1 N–H and O–H groups in total. The van der Waals surface area contributed by atoms with Gasteiger partial charge in [-0.3, -0.25) is 4.79 Å². The highest BCUT2D eigenvalue weighted by atomic mass is 16.2. The normalized spacial score (nSPS) is 15.4. The minimum absolute atomic E-state index is 0.00685. The van der Waals surface area contributed by atoms with Crippen molar-refractivity contribution < 1.29 is 4.79 Å². The summed E-state index contributed by atoms with van der Waals surface area (Å²) in [4.78, 5) is 26.3. The Labute approximate surface area is 234 Å². The van der Waals surface area contributed by atoms with E-state index in [-0.39, 0.29) is 17.9 Å². The number of H-pyrrole nitrogens is 1. The lowest BCUT2D eigenvalue weighted by Crippen LogP contribution is -2.51. The maximum atomic E-state index is 13.8.